The Morgan fingerprint density at radius 2 is 1.47 bits per heavy atom. The number of para-hydroxylation sites is 1. The van der Waals surface area contributed by atoms with E-state index in [4.69, 9.17) is 0 Å². The van der Waals surface area contributed by atoms with Crippen molar-refractivity contribution in [3.63, 3.8) is 0 Å². The third kappa shape index (κ3) is 3.48. The van der Waals surface area contributed by atoms with E-state index in [1.54, 1.807) is 12.1 Å². The number of halogens is 3. The molecule has 3 aromatic rings. The fraction of sp³-hybridized carbons (Fsp3) is 0.400. The average molecular weight is 495 g/mol. The zero-order valence-electron chi connectivity index (χ0n) is 21.7. The van der Waals surface area contributed by atoms with Crippen molar-refractivity contribution in [3.05, 3.63) is 77.4 Å². The van der Waals surface area contributed by atoms with Crippen molar-refractivity contribution < 1.29 is 17.9 Å². The Kier molecular flexibility index (Phi) is 5.58. The molecule has 3 nitrogen and oxygen atoms in total. The van der Waals surface area contributed by atoms with Crippen LogP contribution in [0.15, 0.2) is 60.7 Å². The first-order valence-corrected chi connectivity index (χ1v) is 12.6. The lowest BCUT2D eigenvalue weighted by Gasteiger charge is -2.59. The number of alkyl halides is 3. The van der Waals surface area contributed by atoms with E-state index in [0.29, 0.717) is 0 Å². The molecule has 0 saturated heterocycles. The number of fused-ring (bicyclic) bond motifs is 5. The fourth-order valence-corrected chi connectivity index (χ4v) is 6.59. The quantitative estimate of drug-likeness (QED) is 0.360. The van der Waals surface area contributed by atoms with Crippen LogP contribution in [0.3, 0.4) is 0 Å². The maximum atomic E-state index is 13.2. The highest BCUT2D eigenvalue weighted by molar-refractivity contribution is 5.91. The summed E-state index contributed by atoms with van der Waals surface area (Å²) in [5.74, 6) is -0.208. The minimum atomic E-state index is -4.75. The number of hydrogen-bond acceptors (Lipinski definition) is 3. The standard InChI is InChI=1S/C30H33F3N2O/c1-7-28(5)23-11-9-10-12-24(23)35-25-14-13-22(36-30(31,32)33)18-26(25)34(27(35)29(28,6)8-2)21-16-19(3)15-20(4)17-21/h9-18,27H,7-8H2,1-6H3. The van der Waals surface area contributed by atoms with E-state index in [9.17, 15) is 13.2 Å². The molecule has 36 heavy (non-hydrogen) atoms. The second kappa shape index (κ2) is 8.19. The topological polar surface area (TPSA) is 15.7 Å². The number of hydrogen-bond donors (Lipinski definition) is 0. The van der Waals surface area contributed by atoms with Gasteiger partial charge in [0, 0.05) is 28.3 Å². The molecule has 3 atom stereocenters. The molecular formula is C30H33F3N2O. The molecule has 6 heteroatoms. The molecule has 0 radical (unpaired) electrons. The van der Waals surface area contributed by atoms with Crippen LogP contribution in [-0.4, -0.2) is 12.5 Å². The highest BCUT2D eigenvalue weighted by atomic mass is 19.4. The Bertz CT molecular complexity index is 1300. The first kappa shape index (κ1) is 24.5. The van der Waals surface area contributed by atoms with Gasteiger partial charge in [-0.1, -0.05) is 52.0 Å². The maximum absolute atomic E-state index is 13.2. The van der Waals surface area contributed by atoms with Crippen LogP contribution < -0.4 is 14.5 Å². The summed E-state index contributed by atoms with van der Waals surface area (Å²) in [6.07, 6.45) is -3.04. The third-order valence-corrected chi connectivity index (χ3v) is 8.70. The van der Waals surface area contributed by atoms with Crippen molar-refractivity contribution in [2.45, 2.75) is 72.3 Å². The molecule has 0 saturated carbocycles. The molecule has 3 unspecified atom stereocenters. The molecule has 2 aliphatic heterocycles. The first-order chi connectivity index (χ1) is 16.9. The van der Waals surface area contributed by atoms with Crippen LogP contribution >= 0.6 is 0 Å². The highest BCUT2D eigenvalue weighted by Gasteiger charge is 2.60. The molecule has 5 rings (SSSR count). The van der Waals surface area contributed by atoms with E-state index in [1.165, 1.54) is 11.6 Å². The molecule has 0 fully saturated rings. The van der Waals surface area contributed by atoms with Crippen molar-refractivity contribution in [1.82, 2.24) is 0 Å². The normalized spacial score (nSPS) is 24.9. The minimum Gasteiger partial charge on any atom is -0.406 e. The molecule has 0 amide bonds. The van der Waals surface area contributed by atoms with Gasteiger partial charge in [-0.05, 0) is 73.7 Å². The fourth-order valence-electron chi connectivity index (χ4n) is 6.59. The minimum absolute atomic E-state index is 0.125. The van der Waals surface area contributed by atoms with Crippen LogP contribution in [0.25, 0.3) is 0 Å². The summed E-state index contributed by atoms with van der Waals surface area (Å²) in [7, 11) is 0. The Labute approximate surface area is 211 Å². The largest absolute Gasteiger partial charge is 0.573 e. The Morgan fingerprint density at radius 1 is 0.806 bits per heavy atom. The van der Waals surface area contributed by atoms with Crippen LogP contribution in [0.2, 0.25) is 0 Å². The van der Waals surface area contributed by atoms with E-state index in [-0.39, 0.29) is 22.7 Å². The van der Waals surface area contributed by atoms with E-state index >= 15 is 0 Å². The molecule has 0 N–H and O–H groups in total. The number of nitrogens with zero attached hydrogens (tertiary/aromatic N) is 2. The second-order valence-electron chi connectivity index (χ2n) is 10.6. The van der Waals surface area contributed by atoms with Gasteiger partial charge in [0.15, 0.2) is 0 Å². The van der Waals surface area contributed by atoms with Gasteiger partial charge < -0.3 is 14.5 Å². The molecule has 0 aliphatic carbocycles. The third-order valence-electron chi connectivity index (χ3n) is 8.70. The van der Waals surface area contributed by atoms with Gasteiger partial charge in [-0.2, -0.15) is 0 Å². The van der Waals surface area contributed by atoms with Gasteiger partial charge >= 0.3 is 6.36 Å². The molecule has 2 heterocycles. The predicted octanol–water partition coefficient (Wildman–Crippen LogP) is 8.92. The highest BCUT2D eigenvalue weighted by Crippen LogP contribution is 2.64. The average Bonchev–Trinajstić information content (AvgIpc) is 3.16. The first-order valence-electron chi connectivity index (χ1n) is 12.6. The molecule has 0 spiro atoms. The summed E-state index contributed by atoms with van der Waals surface area (Å²) < 4.78 is 43.9. The van der Waals surface area contributed by atoms with Crippen LogP contribution in [0.1, 0.15) is 57.2 Å². The Balaban J connectivity index is 1.84. The molecule has 2 aliphatic rings. The Hall–Kier alpha value is -3.15. The number of aryl methyl sites for hydroxylation is 2. The SMILES string of the molecule is CCC1(C)c2ccccc2N2c3ccc(OC(F)(F)F)cc3N(c3cc(C)cc(C)c3)C2C1(C)CC. The summed E-state index contributed by atoms with van der Waals surface area (Å²) in [6, 6.07) is 19.6. The number of rotatable bonds is 4. The lowest BCUT2D eigenvalue weighted by atomic mass is 9.55. The zero-order valence-corrected chi connectivity index (χ0v) is 21.7. The molecule has 190 valence electrons. The predicted molar refractivity (Wildman–Crippen MR) is 140 cm³/mol. The van der Waals surface area contributed by atoms with Crippen LogP contribution in [-0.2, 0) is 5.41 Å². The van der Waals surface area contributed by atoms with Gasteiger partial charge in [0.2, 0.25) is 0 Å². The van der Waals surface area contributed by atoms with Crippen molar-refractivity contribution >= 4 is 22.7 Å². The van der Waals surface area contributed by atoms with Gasteiger partial charge in [-0.25, -0.2) is 0 Å². The number of ether oxygens (including phenoxy) is 1. The smallest absolute Gasteiger partial charge is 0.406 e. The summed E-state index contributed by atoms with van der Waals surface area (Å²) in [6.45, 7) is 13.2. The molecule has 0 aromatic heterocycles. The van der Waals surface area contributed by atoms with E-state index in [1.807, 2.05) is 6.07 Å². The van der Waals surface area contributed by atoms with Crippen molar-refractivity contribution in [1.29, 1.82) is 0 Å². The summed E-state index contributed by atoms with van der Waals surface area (Å²) >= 11 is 0. The van der Waals surface area contributed by atoms with E-state index in [2.05, 4.69) is 92.5 Å². The van der Waals surface area contributed by atoms with Gasteiger partial charge in [-0.3, -0.25) is 0 Å². The zero-order chi connectivity index (χ0) is 26.0. The Morgan fingerprint density at radius 3 is 2.08 bits per heavy atom. The van der Waals surface area contributed by atoms with Gasteiger partial charge in [0.25, 0.3) is 0 Å². The van der Waals surface area contributed by atoms with Gasteiger partial charge in [0.05, 0.1) is 11.4 Å². The monoisotopic (exact) mass is 494 g/mol. The maximum Gasteiger partial charge on any atom is 0.573 e. The molecule has 0 bridgehead atoms. The van der Waals surface area contributed by atoms with Crippen molar-refractivity contribution in [2.24, 2.45) is 5.41 Å². The van der Waals surface area contributed by atoms with Gasteiger partial charge in [0.1, 0.15) is 11.9 Å². The summed E-state index contributed by atoms with van der Waals surface area (Å²) in [5.41, 5.74) is 6.82. The lowest BCUT2D eigenvalue weighted by molar-refractivity contribution is -0.274. The van der Waals surface area contributed by atoms with Crippen molar-refractivity contribution in [2.75, 3.05) is 9.80 Å². The summed E-state index contributed by atoms with van der Waals surface area (Å²) in [5, 5.41) is 0. The van der Waals surface area contributed by atoms with Crippen molar-refractivity contribution in [3.8, 4) is 5.75 Å². The van der Waals surface area contributed by atoms with Crippen LogP contribution in [0.4, 0.5) is 35.9 Å². The van der Waals surface area contributed by atoms with E-state index < -0.39 is 6.36 Å². The van der Waals surface area contributed by atoms with Crippen LogP contribution in [0, 0.1) is 19.3 Å². The van der Waals surface area contributed by atoms with Gasteiger partial charge in [-0.15, -0.1) is 13.2 Å². The second-order valence-corrected chi connectivity index (χ2v) is 10.6. The van der Waals surface area contributed by atoms with Crippen LogP contribution in [0.5, 0.6) is 5.75 Å². The number of anilines is 4. The molecular weight excluding hydrogens is 461 g/mol. The number of benzene rings is 3. The van der Waals surface area contributed by atoms with E-state index in [0.717, 1.165) is 46.7 Å². The summed E-state index contributed by atoms with van der Waals surface area (Å²) in [4.78, 5) is 4.58. The molecule has 3 aromatic carbocycles. The lowest BCUT2D eigenvalue weighted by Crippen LogP contribution is -2.62.